The van der Waals surface area contributed by atoms with Gasteiger partial charge in [0.05, 0.1) is 5.75 Å². The SMILES string of the molecule is NCC1(CS(=O)(=O)c2ccccc2O)CC1. The zero-order valence-electron chi connectivity index (χ0n) is 8.89. The van der Waals surface area contributed by atoms with Crippen LogP contribution in [0.3, 0.4) is 0 Å². The van der Waals surface area contributed by atoms with Crippen molar-refractivity contribution in [3.05, 3.63) is 24.3 Å². The fourth-order valence-corrected chi connectivity index (χ4v) is 3.83. The van der Waals surface area contributed by atoms with Crippen LogP contribution in [0.5, 0.6) is 5.75 Å². The van der Waals surface area contributed by atoms with E-state index in [-0.39, 0.29) is 21.8 Å². The van der Waals surface area contributed by atoms with Gasteiger partial charge in [-0.15, -0.1) is 0 Å². The molecule has 3 N–H and O–H groups in total. The number of rotatable bonds is 4. The molecule has 0 amide bonds. The van der Waals surface area contributed by atoms with E-state index in [1.807, 2.05) is 0 Å². The van der Waals surface area contributed by atoms with Gasteiger partial charge in [-0.2, -0.15) is 0 Å². The Kier molecular flexibility index (Phi) is 2.67. The zero-order chi connectivity index (χ0) is 11.8. The molecule has 1 aromatic carbocycles. The third-order valence-electron chi connectivity index (χ3n) is 3.09. The molecule has 16 heavy (non-hydrogen) atoms. The van der Waals surface area contributed by atoms with Gasteiger partial charge in [-0.05, 0) is 36.9 Å². The van der Waals surface area contributed by atoms with Crippen LogP contribution >= 0.6 is 0 Å². The lowest BCUT2D eigenvalue weighted by Gasteiger charge is -2.13. The number of phenolic OH excluding ortho intramolecular Hbond substituents is 1. The van der Waals surface area contributed by atoms with Crippen LogP contribution in [0.25, 0.3) is 0 Å². The third-order valence-corrected chi connectivity index (χ3v) is 5.09. The quantitative estimate of drug-likeness (QED) is 0.821. The van der Waals surface area contributed by atoms with Crippen molar-refractivity contribution in [3.8, 4) is 5.75 Å². The summed E-state index contributed by atoms with van der Waals surface area (Å²) in [5.74, 6) is -0.149. The average Bonchev–Trinajstić information content (AvgIpc) is 2.98. The van der Waals surface area contributed by atoms with Gasteiger partial charge in [-0.3, -0.25) is 0 Å². The van der Waals surface area contributed by atoms with Crippen LogP contribution in [0.4, 0.5) is 0 Å². The van der Waals surface area contributed by atoms with E-state index in [1.54, 1.807) is 12.1 Å². The molecule has 1 aromatic rings. The van der Waals surface area contributed by atoms with E-state index < -0.39 is 9.84 Å². The maximum absolute atomic E-state index is 12.1. The highest BCUT2D eigenvalue weighted by molar-refractivity contribution is 7.91. The number of phenols is 1. The van der Waals surface area contributed by atoms with E-state index in [0.717, 1.165) is 12.8 Å². The van der Waals surface area contributed by atoms with Crippen LogP contribution in [-0.2, 0) is 9.84 Å². The van der Waals surface area contributed by atoms with Crippen molar-refractivity contribution in [2.45, 2.75) is 17.7 Å². The first kappa shape index (κ1) is 11.4. The Labute approximate surface area is 95.0 Å². The third kappa shape index (κ3) is 2.05. The molecule has 0 bridgehead atoms. The summed E-state index contributed by atoms with van der Waals surface area (Å²) >= 11 is 0. The topological polar surface area (TPSA) is 80.4 Å². The lowest BCUT2D eigenvalue weighted by Crippen LogP contribution is -2.25. The summed E-state index contributed by atoms with van der Waals surface area (Å²) in [6.45, 7) is 0.389. The molecule has 1 fully saturated rings. The van der Waals surface area contributed by atoms with Gasteiger partial charge in [0.2, 0.25) is 0 Å². The molecule has 88 valence electrons. The molecule has 1 aliphatic carbocycles. The maximum atomic E-state index is 12.1. The summed E-state index contributed by atoms with van der Waals surface area (Å²) in [5, 5.41) is 9.53. The molecular weight excluding hydrogens is 226 g/mol. The molecule has 0 atom stereocenters. The Morgan fingerprint density at radius 1 is 1.31 bits per heavy atom. The second-order valence-corrected chi connectivity index (χ2v) is 6.39. The molecule has 0 heterocycles. The van der Waals surface area contributed by atoms with Gasteiger partial charge in [0, 0.05) is 0 Å². The second-order valence-electron chi connectivity index (χ2n) is 4.43. The molecule has 0 radical (unpaired) electrons. The fraction of sp³-hybridized carbons (Fsp3) is 0.455. The number of sulfone groups is 1. The summed E-state index contributed by atoms with van der Waals surface area (Å²) < 4.78 is 24.1. The molecule has 5 heteroatoms. The number of hydrogen-bond acceptors (Lipinski definition) is 4. The lowest BCUT2D eigenvalue weighted by atomic mass is 10.1. The van der Waals surface area contributed by atoms with Gasteiger partial charge in [0.15, 0.2) is 9.84 Å². The first-order valence-corrected chi connectivity index (χ1v) is 6.85. The highest BCUT2D eigenvalue weighted by Gasteiger charge is 2.45. The molecule has 0 unspecified atom stereocenters. The number of para-hydroxylation sites is 1. The first-order chi connectivity index (χ1) is 7.49. The normalized spacial score (nSPS) is 18.3. The molecule has 0 aromatic heterocycles. The molecule has 0 saturated heterocycles. The summed E-state index contributed by atoms with van der Waals surface area (Å²) in [4.78, 5) is 0.00900. The van der Waals surface area contributed by atoms with E-state index in [2.05, 4.69) is 0 Å². The zero-order valence-corrected chi connectivity index (χ0v) is 9.70. The van der Waals surface area contributed by atoms with E-state index in [0.29, 0.717) is 6.54 Å². The van der Waals surface area contributed by atoms with Crippen LogP contribution in [0, 0.1) is 5.41 Å². The summed E-state index contributed by atoms with van der Waals surface area (Å²) in [7, 11) is -3.43. The Hall–Kier alpha value is -1.07. The van der Waals surface area contributed by atoms with Crippen LogP contribution in [0.2, 0.25) is 0 Å². The number of aromatic hydroxyl groups is 1. The van der Waals surface area contributed by atoms with Crippen LogP contribution in [0.15, 0.2) is 29.2 Å². The minimum Gasteiger partial charge on any atom is -0.507 e. The van der Waals surface area contributed by atoms with Crippen molar-refractivity contribution in [2.24, 2.45) is 11.1 Å². The van der Waals surface area contributed by atoms with Gasteiger partial charge < -0.3 is 10.8 Å². The fourth-order valence-electron chi connectivity index (χ4n) is 1.79. The molecule has 0 aliphatic heterocycles. The van der Waals surface area contributed by atoms with Crippen molar-refractivity contribution in [1.29, 1.82) is 0 Å². The van der Waals surface area contributed by atoms with Gasteiger partial charge >= 0.3 is 0 Å². The largest absolute Gasteiger partial charge is 0.507 e. The van der Waals surface area contributed by atoms with Crippen LogP contribution in [0.1, 0.15) is 12.8 Å². The van der Waals surface area contributed by atoms with Gasteiger partial charge in [-0.25, -0.2) is 8.42 Å². The minimum atomic E-state index is -3.43. The van der Waals surface area contributed by atoms with E-state index in [1.165, 1.54) is 12.1 Å². The summed E-state index contributed by atoms with van der Waals surface area (Å²) in [6, 6.07) is 6.02. The van der Waals surface area contributed by atoms with Crippen molar-refractivity contribution in [3.63, 3.8) is 0 Å². The average molecular weight is 241 g/mol. The molecule has 0 spiro atoms. The molecule has 4 nitrogen and oxygen atoms in total. The predicted octanol–water partition coefficient (Wildman–Crippen LogP) is 0.905. The predicted molar refractivity (Wildman–Crippen MR) is 60.9 cm³/mol. The second kappa shape index (κ2) is 3.75. The molecule has 1 saturated carbocycles. The van der Waals surface area contributed by atoms with Gasteiger partial charge in [-0.1, -0.05) is 12.1 Å². The molecule has 2 rings (SSSR count). The number of benzene rings is 1. The molecule has 1 aliphatic rings. The summed E-state index contributed by atoms with van der Waals surface area (Å²) in [5.41, 5.74) is 5.32. The van der Waals surface area contributed by atoms with Crippen molar-refractivity contribution in [1.82, 2.24) is 0 Å². The highest BCUT2D eigenvalue weighted by atomic mass is 32.2. The van der Waals surface area contributed by atoms with E-state index in [4.69, 9.17) is 5.73 Å². The molecular formula is C11H15NO3S. The smallest absolute Gasteiger partial charge is 0.182 e. The standard InChI is InChI=1S/C11H15NO3S/c12-7-11(5-6-11)8-16(14,15)10-4-2-1-3-9(10)13/h1-4,13H,5-8,12H2. The van der Waals surface area contributed by atoms with E-state index in [9.17, 15) is 13.5 Å². The minimum absolute atomic E-state index is 0.00900. The Bertz CT molecular complexity index is 492. The van der Waals surface area contributed by atoms with Crippen LogP contribution < -0.4 is 5.73 Å². The van der Waals surface area contributed by atoms with Crippen molar-refractivity contribution in [2.75, 3.05) is 12.3 Å². The highest BCUT2D eigenvalue weighted by Crippen LogP contribution is 2.46. The Balaban J connectivity index is 2.30. The van der Waals surface area contributed by atoms with E-state index >= 15 is 0 Å². The monoisotopic (exact) mass is 241 g/mol. The van der Waals surface area contributed by atoms with Gasteiger partial charge in [0.25, 0.3) is 0 Å². The maximum Gasteiger partial charge on any atom is 0.182 e. The van der Waals surface area contributed by atoms with Gasteiger partial charge in [0.1, 0.15) is 10.6 Å². The van der Waals surface area contributed by atoms with Crippen molar-refractivity contribution < 1.29 is 13.5 Å². The number of nitrogens with two attached hydrogens (primary N) is 1. The number of hydrogen-bond donors (Lipinski definition) is 2. The lowest BCUT2D eigenvalue weighted by molar-refractivity contribution is 0.457. The van der Waals surface area contributed by atoms with Crippen molar-refractivity contribution >= 4 is 9.84 Å². The first-order valence-electron chi connectivity index (χ1n) is 5.20. The summed E-state index contributed by atoms with van der Waals surface area (Å²) in [6.07, 6.45) is 1.71. The Morgan fingerprint density at radius 3 is 2.44 bits per heavy atom. The Morgan fingerprint density at radius 2 is 1.94 bits per heavy atom. The van der Waals surface area contributed by atoms with Crippen LogP contribution in [-0.4, -0.2) is 25.8 Å².